The van der Waals surface area contributed by atoms with E-state index in [0.29, 0.717) is 17.2 Å². The maximum absolute atomic E-state index is 11.4. The van der Waals surface area contributed by atoms with E-state index in [-0.39, 0.29) is 5.78 Å². The van der Waals surface area contributed by atoms with Crippen molar-refractivity contribution in [2.45, 2.75) is 26.7 Å². The third kappa shape index (κ3) is 1.74. The second-order valence-corrected chi connectivity index (χ2v) is 4.25. The van der Waals surface area contributed by atoms with Gasteiger partial charge in [0.15, 0.2) is 5.78 Å². The number of benzene rings is 1. The van der Waals surface area contributed by atoms with E-state index < -0.39 is 0 Å². The van der Waals surface area contributed by atoms with Gasteiger partial charge in [-0.15, -0.1) is 0 Å². The van der Waals surface area contributed by atoms with Gasteiger partial charge >= 0.3 is 0 Å². The fourth-order valence-corrected chi connectivity index (χ4v) is 2.30. The maximum Gasteiger partial charge on any atom is 0.160 e. The molecule has 0 radical (unpaired) electrons. The van der Waals surface area contributed by atoms with Crippen LogP contribution in [0, 0.1) is 6.92 Å². The zero-order valence-corrected chi connectivity index (χ0v) is 9.65. The number of ether oxygens (including phenoxy) is 1. The lowest BCUT2D eigenvalue weighted by Crippen LogP contribution is -2.12. The second-order valence-electron chi connectivity index (χ2n) is 3.85. The van der Waals surface area contributed by atoms with Crippen LogP contribution in [0.25, 0.3) is 0 Å². The zero-order valence-electron chi connectivity index (χ0n) is 8.89. The number of hydrogen-bond acceptors (Lipinski definition) is 2. The molecule has 80 valence electrons. The summed E-state index contributed by atoms with van der Waals surface area (Å²) in [6, 6.07) is 1.71. The molecule has 0 saturated heterocycles. The van der Waals surface area contributed by atoms with Crippen LogP contribution >= 0.6 is 11.6 Å². The van der Waals surface area contributed by atoms with Crippen LogP contribution in [-0.2, 0) is 6.42 Å². The third-order valence-corrected chi connectivity index (χ3v) is 3.10. The van der Waals surface area contributed by atoms with E-state index in [0.717, 1.165) is 29.7 Å². The molecule has 1 aliphatic heterocycles. The first kappa shape index (κ1) is 10.5. The Morgan fingerprint density at radius 3 is 2.93 bits per heavy atom. The first-order valence-corrected chi connectivity index (χ1v) is 5.44. The van der Waals surface area contributed by atoms with E-state index in [1.54, 1.807) is 13.0 Å². The summed E-state index contributed by atoms with van der Waals surface area (Å²) in [5, 5.41) is 0.556. The number of Topliss-reactive ketones (excluding diaryl/α,β-unsaturated/α-hetero) is 1. The van der Waals surface area contributed by atoms with E-state index >= 15 is 0 Å². The number of carbonyl (C=O) groups is 1. The van der Waals surface area contributed by atoms with E-state index in [1.807, 2.05) is 6.92 Å². The highest BCUT2D eigenvalue weighted by molar-refractivity contribution is 6.32. The van der Waals surface area contributed by atoms with Gasteiger partial charge in [0.25, 0.3) is 0 Å². The molecule has 0 bridgehead atoms. The lowest BCUT2D eigenvalue weighted by Gasteiger charge is -2.21. The Kier molecular flexibility index (Phi) is 2.70. The number of rotatable bonds is 1. The Morgan fingerprint density at radius 2 is 2.27 bits per heavy atom. The van der Waals surface area contributed by atoms with Crippen molar-refractivity contribution in [3.05, 3.63) is 27.8 Å². The normalized spacial score (nSPS) is 14.3. The van der Waals surface area contributed by atoms with Crippen LogP contribution in [-0.4, -0.2) is 12.4 Å². The van der Waals surface area contributed by atoms with Crippen LogP contribution in [0.15, 0.2) is 6.07 Å². The molecule has 1 heterocycles. The molecular weight excluding hydrogens is 212 g/mol. The van der Waals surface area contributed by atoms with E-state index in [9.17, 15) is 4.79 Å². The van der Waals surface area contributed by atoms with Gasteiger partial charge in [-0.2, -0.15) is 0 Å². The summed E-state index contributed by atoms with van der Waals surface area (Å²) in [4.78, 5) is 11.4. The first-order valence-electron chi connectivity index (χ1n) is 5.07. The molecule has 15 heavy (non-hydrogen) atoms. The highest BCUT2D eigenvalue weighted by Gasteiger charge is 2.20. The van der Waals surface area contributed by atoms with Gasteiger partial charge in [0.05, 0.1) is 11.6 Å². The molecule has 0 aromatic heterocycles. The molecule has 0 unspecified atom stereocenters. The number of ketones is 1. The molecule has 1 aromatic carbocycles. The summed E-state index contributed by atoms with van der Waals surface area (Å²) in [5.74, 6) is 0.827. The molecule has 1 aromatic rings. The Morgan fingerprint density at radius 1 is 1.53 bits per heavy atom. The molecule has 1 aliphatic rings. The van der Waals surface area contributed by atoms with Gasteiger partial charge in [0.1, 0.15) is 5.75 Å². The summed E-state index contributed by atoms with van der Waals surface area (Å²) in [5.41, 5.74) is 2.82. The Hall–Kier alpha value is -1.02. The number of fused-ring (bicyclic) bond motifs is 1. The minimum atomic E-state index is 0.0581. The largest absolute Gasteiger partial charge is 0.492 e. The average Bonchev–Trinajstić information content (AvgIpc) is 2.23. The Labute approximate surface area is 94.2 Å². The second kappa shape index (κ2) is 3.86. The van der Waals surface area contributed by atoms with Gasteiger partial charge in [-0.25, -0.2) is 0 Å². The quantitative estimate of drug-likeness (QED) is 0.685. The minimum absolute atomic E-state index is 0.0581. The predicted molar refractivity (Wildman–Crippen MR) is 60.0 cm³/mol. The van der Waals surface area contributed by atoms with E-state index in [2.05, 4.69) is 0 Å². The standard InChI is InChI=1S/C12H13ClO2/c1-7-9-4-3-5-15-12(9)11(13)6-10(7)8(2)14/h6H,3-5H2,1-2H3. The minimum Gasteiger partial charge on any atom is -0.492 e. The molecule has 0 aliphatic carbocycles. The highest BCUT2D eigenvalue weighted by atomic mass is 35.5. The van der Waals surface area contributed by atoms with Crippen molar-refractivity contribution in [3.63, 3.8) is 0 Å². The van der Waals surface area contributed by atoms with Gasteiger partial charge in [-0.1, -0.05) is 11.6 Å². The number of halogens is 1. The fraction of sp³-hybridized carbons (Fsp3) is 0.417. The zero-order chi connectivity index (χ0) is 11.0. The lowest BCUT2D eigenvalue weighted by molar-refractivity contribution is 0.101. The van der Waals surface area contributed by atoms with Crippen LogP contribution in [0.2, 0.25) is 5.02 Å². The summed E-state index contributed by atoms with van der Waals surface area (Å²) < 4.78 is 5.53. The molecule has 2 nitrogen and oxygen atoms in total. The van der Waals surface area contributed by atoms with Crippen LogP contribution in [0.1, 0.15) is 34.8 Å². The van der Waals surface area contributed by atoms with Gasteiger partial charge in [0.2, 0.25) is 0 Å². The van der Waals surface area contributed by atoms with Crippen molar-refractivity contribution < 1.29 is 9.53 Å². The summed E-state index contributed by atoms with van der Waals surface area (Å²) in [7, 11) is 0. The van der Waals surface area contributed by atoms with Gasteiger partial charge in [-0.05, 0) is 43.9 Å². The molecule has 0 amide bonds. The Bertz CT molecular complexity index is 424. The van der Waals surface area contributed by atoms with Gasteiger partial charge < -0.3 is 4.74 Å². The van der Waals surface area contributed by atoms with Crippen molar-refractivity contribution in [1.82, 2.24) is 0 Å². The molecule has 0 atom stereocenters. The number of hydrogen-bond donors (Lipinski definition) is 0. The van der Waals surface area contributed by atoms with Crippen molar-refractivity contribution in [2.75, 3.05) is 6.61 Å². The molecule has 0 fully saturated rings. The summed E-state index contributed by atoms with van der Waals surface area (Å²) in [6.07, 6.45) is 1.94. The van der Waals surface area contributed by atoms with Crippen LogP contribution in [0.5, 0.6) is 5.75 Å². The maximum atomic E-state index is 11.4. The molecule has 3 heteroatoms. The van der Waals surface area contributed by atoms with Crippen molar-refractivity contribution in [1.29, 1.82) is 0 Å². The van der Waals surface area contributed by atoms with Crippen molar-refractivity contribution in [3.8, 4) is 5.75 Å². The molecular formula is C12H13ClO2. The molecule has 0 spiro atoms. The number of carbonyl (C=O) groups excluding carboxylic acids is 1. The fourth-order valence-electron chi connectivity index (χ4n) is 2.02. The molecule has 2 rings (SSSR count). The average molecular weight is 225 g/mol. The van der Waals surface area contributed by atoms with Crippen molar-refractivity contribution in [2.24, 2.45) is 0 Å². The van der Waals surface area contributed by atoms with Crippen LogP contribution in [0.4, 0.5) is 0 Å². The topological polar surface area (TPSA) is 26.3 Å². The van der Waals surface area contributed by atoms with E-state index in [4.69, 9.17) is 16.3 Å². The SMILES string of the molecule is CC(=O)c1cc(Cl)c2c(c1C)CCCO2. The monoisotopic (exact) mass is 224 g/mol. The highest BCUT2D eigenvalue weighted by Crippen LogP contribution is 2.36. The Balaban J connectivity index is 2.64. The summed E-state index contributed by atoms with van der Waals surface area (Å²) >= 11 is 6.09. The summed E-state index contributed by atoms with van der Waals surface area (Å²) in [6.45, 7) is 4.24. The predicted octanol–water partition coefficient (Wildman–Crippen LogP) is 3.18. The van der Waals surface area contributed by atoms with Crippen LogP contribution in [0.3, 0.4) is 0 Å². The smallest absolute Gasteiger partial charge is 0.160 e. The van der Waals surface area contributed by atoms with Crippen molar-refractivity contribution >= 4 is 17.4 Å². The van der Waals surface area contributed by atoms with Gasteiger partial charge in [0, 0.05) is 5.56 Å². The van der Waals surface area contributed by atoms with E-state index in [1.165, 1.54) is 0 Å². The first-order chi connectivity index (χ1) is 7.11. The van der Waals surface area contributed by atoms with Gasteiger partial charge in [-0.3, -0.25) is 4.79 Å². The third-order valence-electron chi connectivity index (χ3n) is 2.82. The molecule has 0 N–H and O–H groups in total. The lowest BCUT2D eigenvalue weighted by atomic mass is 9.95. The van der Waals surface area contributed by atoms with Crippen LogP contribution < -0.4 is 4.74 Å². The molecule has 0 saturated carbocycles.